The van der Waals surface area contributed by atoms with E-state index in [1.165, 1.54) is 0 Å². The summed E-state index contributed by atoms with van der Waals surface area (Å²) in [6, 6.07) is 1.99. The zero-order valence-corrected chi connectivity index (χ0v) is 11.9. The summed E-state index contributed by atoms with van der Waals surface area (Å²) < 4.78 is 2.78. The van der Waals surface area contributed by atoms with Crippen LogP contribution in [0.3, 0.4) is 0 Å². The number of hydrogen-bond acceptors (Lipinski definition) is 2. The predicted octanol–water partition coefficient (Wildman–Crippen LogP) is 2.42. The molecule has 0 aliphatic carbocycles. The Morgan fingerprint density at radius 2 is 2.06 bits per heavy atom. The molecular formula is C12H14BrN3O. The molecule has 90 valence electrons. The lowest BCUT2D eigenvalue weighted by molar-refractivity contribution is 0.0820. The molecule has 0 aliphatic rings. The number of nitrogens with zero attached hydrogens (tertiary/aromatic N) is 3. The van der Waals surface area contributed by atoms with Crippen molar-refractivity contribution in [1.82, 2.24) is 14.3 Å². The van der Waals surface area contributed by atoms with E-state index in [4.69, 9.17) is 0 Å². The Morgan fingerprint density at radius 1 is 1.41 bits per heavy atom. The minimum Gasteiger partial charge on any atom is -0.343 e. The summed E-state index contributed by atoms with van der Waals surface area (Å²) >= 11 is 3.44. The van der Waals surface area contributed by atoms with Gasteiger partial charge in [0, 0.05) is 24.8 Å². The van der Waals surface area contributed by atoms with Gasteiger partial charge in [-0.15, -0.1) is 0 Å². The molecule has 0 saturated carbocycles. The monoisotopic (exact) mass is 295 g/mol. The van der Waals surface area contributed by atoms with Gasteiger partial charge < -0.3 is 4.90 Å². The van der Waals surface area contributed by atoms with Crippen molar-refractivity contribution in [3.63, 3.8) is 0 Å². The summed E-state index contributed by atoms with van der Waals surface area (Å²) in [7, 11) is 3.48. The van der Waals surface area contributed by atoms with E-state index < -0.39 is 0 Å². The molecule has 0 saturated heterocycles. The highest BCUT2D eigenvalue weighted by Gasteiger charge is 2.19. The predicted molar refractivity (Wildman–Crippen MR) is 70.4 cm³/mol. The second-order valence-electron chi connectivity index (χ2n) is 4.28. The van der Waals surface area contributed by atoms with Gasteiger partial charge in [0.1, 0.15) is 11.3 Å². The molecule has 2 rings (SSSR count). The fourth-order valence-corrected chi connectivity index (χ4v) is 2.40. The maximum absolute atomic E-state index is 12.1. The molecule has 0 atom stereocenters. The number of amides is 1. The molecule has 2 heterocycles. The molecule has 4 nitrogen and oxygen atoms in total. The topological polar surface area (TPSA) is 37.6 Å². The molecule has 0 fully saturated rings. The molecule has 0 aromatic carbocycles. The molecule has 0 spiro atoms. The summed E-state index contributed by atoms with van der Waals surface area (Å²) in [5.41, 5.74) is 3.25. The van der Waals surface area contributed by atoms with Crippen molar-refractivity contribution in [1.29, 1.82) is 0 Å². The molecule has 17 heavy (non-hydrogen) atoms. The van der Waals surface area contributed by atoms with Gasteiger partial charge in [-0.2, -0.15) is 0 Å². The Morgan fingerprint density at radius 3 is 2.65 bits per heavy atom. The average Bonchev–Trinajstić information content (AvgIpc) is 2.54. The van der Waals surface area contributed by atoms with Crippen molar-refractivity contribution < 1.29 is 4.79 Å². The third kappa shape index (κ3) is 1.95. The third-order valence-electron chi connectivity index (χ3n) is 2.65. The minimum absolute atomic E-state index is 0.0347. The minimum atomic E-state index is -0.0347. The largest absolute Gasteiger partial charge is 0.343 e. The van der Waals surface area contributed by atoms with Gasteiger partial charge in [-0.05, 0) is 41.4 Å². The van der Waals surface area contributed by atoms with Crippen molar-refractivity contribution in [2.45, 2.75) is 13.8 Å². The highest BCUT2D eigenvalue weighted by molar-refractivity contribution is 9.10. The first kappa shape index (κ1) is 12.1. The van der Waals surface area contributed by atoms with Crippen LogP contribution < -0.4 is 0 Å². The Kier molecular flexibility index (Phi) is 2.95. The smallest absolute Gasteiger partial charge is 0.272 e. The van der Waals surface area contributed by atoms with Crippen LogP contribution in [0.15, 0.2) is 16.7 Å². The van der Waals surface area contributed by atoms with Crippen LogP contribution >= 0.6 is 15.9 Å². The number of carbonyl (C=O) groups is 1. The fraction of sp³-hybridized carbons (Fsp3) is 0.333. The van der Waals surface area contributed by atoms with E-state index >= 15 is 0 Å². The van der Waals surface area contributed by atoms with Gasteiger partial charge in [0.05, 0.1) is 5.69 Å². The Balaban J connectivity index is 2.79. The van der Waals surface area contributed by atoms with Crippen LogP contribution in [0.4, 0.5) is 0 Å². The normalized spacial score (nSPS) is 10.9. The Bertz CT molecular complexity index is 601. The lowest BCUT2D eigenvalue weighted by Gasteiger charge is -2.11. The van der Waals surface area contributed by atoms with E-state index in [0.29, 0.717) is 5.69 Å². The zero-order valence-electron chi connectivity index (χ0n) is 10.3. The van der Waals surface area contributed by atoms with Gasteiger partial charge in [-0.25, -0.2) is 4.98 Å². The van der Waals surface area contributed by atoms with E-state index in [0.717, 1.165) is 21.4 Å². The van der Waals surface area contributed by atoms with Crippen molar-refractivity contribution in [2.75, 3.05) is 14.1 Å². The number of fused-ring (bicyclic) bond motifs is 1. The van der Waals surface area contributed by atoms with E-state index in [9.17, 15) is 4.79 Å². The molecule has 0 radical (unpaired) electrons. The first-order chi connectivity index (χ1) is 7.91. The van der Waals surface area contributed by atoms with Gasteiger partial charge in [0.25, 0.3) is 5.91 Å². The van der Waals surface area contributed by atoms with Crippen LogP contribution in [0, 0.1) is 13.8 Å². The molecular weight excluding hydrogens is 282 g/mol. The zero-order chi connectivity index (χ0) is 12.7. The lowest BCUT2D eigenvalue weighted by Crippen LogP contribution is -2.24. The van der Waals surface area contributed by atoms with E-state index in [2.05, 4.69) is 20.9 Å². The fourth-order valence-electron chi connectivity index (χ4n) is 1.85. The molecule has 0 unspecified atom stereocenters. The van der Waals surface area contributed by atoms with Gasteiger partial charge in [-0.1, -0.05) is 0 Å². The second kappa shape index (κ2) is 4.14. The summed E-state index contributed by atoms with van der Waals surface area (Å²) in [5, 5.41) is 0. The van der Waals surface area contributed by atoms with Crippen LogP contribution in [-0.4, -0.2) is 34.3 Å². The highest BCUT2D eigenvalue weighted by Crippen LogP contribution is 2.21. The van der Waals surface area contributed by atoms with Crippen molar-refractivity contribution >= 4 is 27.5 Å². The van der Waals surface area contributed by atoms with Gasteiger partial charge in [0.2, 0.25) is 0 Å². The van der Waals surface area contributed by atoms with Crippen molar-refractivity contribution in [3.8, 4) is 0 Å². The maximum atomic E-state index is 12.1. The number of hydrogen-bond donors (Lipinski definition) is 0. The molecule has 0 aliphatic heterocycles. The van der Waals surface area contributed by atoms with Crippen LogP contribution in [0.5, 0.6) is 0 Å². The molecule has 2 aromatic rings. The number of halogens is 1. The van der Waals surface area contributed by atoms with Gasteiger partial charge in [-0.3, -0.25) is 9.20 Å². The number of imidazole rings is 1. The third-order valence-corrected chi connectivity index (χ3v) is 3.09. The van der Waals surface area contributed by atoms with Crippen molar-refractivity contribution in [2.24, 2.45) is 0 Å². The number of carbonyl (C=O) groups excluding carboxylic acids is 1. The number of aryl methyl sites for hydroxylation is 2. The first-order valence-electron chi connectivity index (χ1n) is 5.28. The molecule has 2 aromatic heterocycles. The van der Waals surface area contributed by atoms with E-state index in [-0.39, 0.29) is 5.91 Å². The lowest BCUT2D eigenvalue weighted by atomic mass is 10.3. The summed E-state index contributed by atoms with van der Waals surface area (Å²) in [6.45, 7) is 3.84. The van der Waals surface area contributed by atoms with E-state index in [1.807, 2.05) is 30.5 Å². The number of aromatic nitrogens is 2. The van der Waals surface area contributed by atoms with Crippen LogP contribution in [0.2, 0.25) is 0 Å². The average molecular weight is 296 g/mol. The summed E-state index contributed by atoms with van der Waals surface area (Å²) in [4.78, 5) is 18.1. The Hall–Kier alpha value is -1.36. The number of rotatable bonds is 1. The standard InChI is InChI=1S/C12H14BrN3O/c1-7-5-9(13)6-16-10(12(17)15(3)4)8(2)14-11(7)16/h5-6H,1-4H3. The van der Waals surface area contributed by atoms with Crippen LogP contribution in [0.1, 0.15) is 21.7 Å². The second-order valence-corrected chi connectivity index (χ2v) is 5.20. The maximum Gasteiger partial charge on any atom is 0.272 e. The molecule has 0 N–H and O–H groups in total. The molecule has 5 heteroatoms. The molecule has 1 amide bonds. The quantitative estimate of drug-likeness (QED) is 0.810. The Labute approximate surface area is 108 Å². The molecule has 0 bridgehead atoms. The van der Waals surface area contributed by atoms with Gasteiger partial charge >= 0.3 is 0 Å². The van der Waals surface area contributed by atoms with Gasteiger partial charge in [0.15, 0.2) is 0 Å². The SMILES string of the molecule is Cc1nc2c(C)cc(Br)cn2c1C(=O)N(C)C. The highest BCUT2D eigenvalue weighted by atomic mass is 79.9. The summed E-state index contributed by atoms with van der Waals surface area (Å²) in [6.07, 6.45) is 1.87. The van der Waals surface area contributed by atoms with Crippen molar-refractivity contribution in [3.05, 3.63) is 33.7 Å². The summed E-state index contributed by atoms with van der Waals surface area (Å²) in [5.74, 6) is -0.0347. The first-order valence-corrected chi connectivity index (χ1v) is 6.07. The van der Waals surface area contributed by atoms with Crippen LogP contribution in [-0.2, 0) is 0 Å². The van der Waals surface area contributed by atoms with E-state index in [1.54, 1.807) is 19.0 Å². The van der Waals surface area contributed by atoms with Crippen LogP contribution in [0.25, 0.3) is 5.65 Å². The number of pyridine rings is 1.